The fraction of sp³-hybridized carbons (Fsp3) is 0.200. The van der Waals surface area contributed by atoms with Crippen LogP contribution in [0.4, 0.5) is 0 Å². The van der Waals surface area contributed by atoms with Gasteiger partial charge in [0, 0.05) is 11.0 Å². The minimum Gasteiger partial charge on any atom is -0.455 e. The first kappa shape index (κ1) is 14.4. The number of aryl methyl sites for hydroxylation is 1. The molecule has 0 aliphatic rings. The topological polar surface area (TPSA) is 21.3 Å². The van der Waals surface area contributed by atoms with Gasteiger partial charge in [-0.15, -0.1) is 0 Å². The second kappa shape index (κ2) is 6.42. The number of rotatable bonds is 4. The molecule has 19 heavy (non-hydrogen) atoms. The van der Waals surface area contributed by atoms with Gasteiger partial charge < -0.3 is 10.1 Å². The van der Waals surface area contributed by atoms with Crippen molar-refractivity contribution in [3.63, 3.8) is 0 Å². The van der Waals surface area contributed by atoms with Crippen LogP contribution < -0.4 is 10.1 Å². The van der Waals surface area contributed by atoms with E-state index in [9.17, 15) is 0 Å². The molecule has 100 valence electrons. The van der Waals surface area contributed by atoms with Gasteiger partial charge in [-0.3, -0.25) is 0 Å². The molecule has 0 bridgehead atoms. The van der Waals surface area contributed by atoms with E-state index in [1.54, 1.807) is 0 Å². The average molecular weight is 341 g/mol. The van der Waals surface area contributed by atoms with E-state index in [4.69, 9.17) is 16.3 Å². The molecular weight excluding hydrogens is 326 g/mol. The second-order valence-electron chi connectivity index (χ2n) is 4.31. The third kappa shape index (κ3) is 3.72. The molecule has 0 spiro atoms. The molecule has 0 fully saturated rings. The molecule has 0 atom stereocenters. The van der Waals surface area contributed by atoms with Crippen molar-refractivity contribution in [2.24, 2.45) is 0 Å². The SMILES string of the molecule is CNCc1ccc(C)c(Oc2cc(Br)ccc2Cl)c1. The highest BCUT2D eigenvalue weighted by molar-refractivity contribution is 9.10. The Morgan fingerprint density at radius 1 is 1.16 bits per heavy atom. The molecule has 1 N–H and O–H groups in total. The lowest BCUT2D eigenvalue weighted by Gasteiger charge is -2.12. The summed E-state index contributed by atoms with van der Waals surface area (Å²) >= 11 is 9.56. The van der Waals surface area contributed by atoms with Crippen molar-refractivity contribution >= 4 is 27.5 Å². The van der Waals surface area contributed by atoms with Crippen LogP contribution in [0.1, 0.15) is 11.1 Å². The molecule has 0 saturated heterocycles. The van der Waals surface area contributed by atoms with Crippen LogP contribution in [-0.2, 0) is 6.54 Å². The van der Waals surface area contributed by atoms with E-state index in [2.05, 4.69) is 27.3 Å². The highest BCUT2D eigenvalue weighted by Crippen LogP contribution is 2.33. The lowest BCUT2D eigenvalue weighted by Crippen LogP contribution is -2.05. The Labute approximate surface area is 126 Å². The largest absolute Gasteiger partial charge is 0.455 e. The van der Waals surface area contributed by atoms with E-state index in [1.807, 2.05) is 44.3 Å². The summed E-state index contributed by atoms with van der Waals surface area (Å²) in [5, 5.41) is 3.72. The van der Waals surface area contributed by atoms with Gasteiger partial charge in [0.05, 0.1) is 5.02 Å². The standard InChI is InChI=1S/C15H15BrClNO/c1-10-3-4-11(9-18-2)7-14(10)19-15-8-12(16)5-6-13(15)17/h3-8,18H,9H2,1-2H3. The Morgan fingerprint density at radius 2 is 1.95 bits per heavy atom. The van der Waals surface area contributed by atoms with Crippen molar-refractivity contribution in [3.05, 3.63) is 57.0 Å². The van der Waals surface area contributed by atoms with Gasteiger partial charge in [0.25, 0.3) is 0 Å². The number of ether oxygens (including phenoxy) is 1. The molecule has 0 aliphatic carbocycles. The summed E-state index contributed by atoms with van der Waals surface area (Å²) in [5.41, 5.74) is 2.25. The lowest BCUT2D eigenvalue weighted by atomic mass is 10.1. The second-order valence-corrected chi connectivity index (χ2v) is 5.63. The van der Waals surface area contributed by atoms with Gasteiger partial charge in [-0.1, -0.05) is 39.7 Å². The minimum absolute atomic E-state index is 0.599. The monoisotopic (exact) mass is 339 g/mol. The zero-order valence-corrected chi connectivity index (χ0v) is 13.2. The number of hydrogen-bond acceptors (Lipinski definition) is 2. The van der Waals surface area contributed by atoms with Crippen molar-refractivity contribution in [3.8, 4) is 11.5 Å². The van der Waals surface area contributed by atoms with Crippen LogP contribution in [0.25, 0.3) is 0 Å². The lowest BCUT2D eigenvalue weighted by molar-refractivity contribution is 0.478. The predicted octanol–water partition coefficient (Wildman–Crippen LogP) is 4.92. The Morgan fingerprint density at radius 3 is 2.68 bits per heavy atom. The minimum atomic E-state index is 0.599. The molecule has 2 aromatic carbocycles. The van der Waals surface area contributed by atoms with E-state index < -0.39 is 0 Å². The van der Waals surface area contributed by atoms with Crippen molar-refractivity contribution < 1.29 is 4.74 Å². The number of halogens is 2. The zero-order chi connectivity index (χ0) is 13.8. The fourth-order valence-electron chi connectivity index (χ4n) is 1.74. The summed E-state index contributed by atoms with van der Waals surface area (Å²) in [6, 6.07) is 11.7. The third-order valence-corrected chi connectivity index (χ3v) is 3.55. The highest BCUT2D eigenvalue weighted by Gasteiger charge is 2.07. The van der Waals surface area contributed by atoms with Crippen LogP contribution in [0.5, 0.6) is 11.5 Å². The summed E-state index contributed by atoms with van der Waals surface area (Å²) in [6.07, 6.45) is 0. The Hall–Kier alpha value is -1.03. The summed E-state index contributed by atoms with van der Waals surface area (Å²) in [6.45, 7) is 2.83. The van der Waals surface area contributed by atoms with Crippen LogP contribution in [0.3, 0.4) is 0 Å². The molecule has 0 saturated carbocycles. The molecule has 4 heteroatoms. The van der Waals surface area contributed by atoms with Crippen LogP contribution in [0.2, 0.25) is 5.02 Å². The smallest absolute Gasteiger partial charge is 0.147 e. The van der Waals surface area contributed by atoms with Gasteiger partial charge in [-0.25, -0.2) is 0 Å². The predicted molar refractivity (Wildman–Crippen MR) is 83.2 cm³/mol. The molecule has 0 heterocycles. The van der Waals surface area contributed by atoms with Gasteiger partial charge in [0.2, 0.25) is 0 Å². The first-order valence-electron chi connectivity index (χ1n) is 5.97. The summed E-state index contributed by atoms with van der Waals surface area (Å²) in [7, 11) is 1.92. The summed E-state index contributed by atoms with van der Waals surface area (Å²) in [4.78, 5) is 0. The van der Waals surface area contributed by atoms with Gasteiger partial charge in [-0.2, -0.15) is 0 Å². The maximum atomic E-state index is 6.14. The molecule has 2 rings (SSSR count). The van der Waals surface area contributed by atoms with Gasteiger partial charge >= 0.3 is 0 Å². The Balaban J connectivity index is 2.31. The maximum Gasteiger partial charge on any atom is 0.147 e. The normalized spacial score (nSPS) is 10.5. The number of hydrogen-bond donors (Lipinski definition) is 1. The van der Waals surface area contributed by atoms with E-state index >= 15 is 0 Å². The van der Waals surface area contributed by atoms with Crippen LogP contribution in [0.15, 0.2) is 40.9 Å². The molecule has 0 aliphatic heterocycles. The summed E-state index contributed by atoms with van der Waals surface area (Å²) < 4.78 is 6.86. The van der Waals surface area contributed by atoms with Gasteiger partial charge in [0.1, 0.15) is 11.5 Å². The van der Waals surface area contributed by atoms with E-state index in [1.165, 1.54) is 5.56 Å². The fourth-order valence-corrected chi connectivity index (χ4v) is 2.24. The molecule has 0 unspecified atom stereocenters. The first-order valence-corrected chi connectivity index (χ1v) is 7.14. The van der Waals surface area contributed by atoms with Crippen molar-refractivity contribution in [2.75, 3.05) is 7.05 Å². The van der Waals surface area contributed by atoms with Crippen molar-refractivity contribution in [2.45, 2.75) is 13.5 Å². The van der Waals surface area contributed by atoms with Crippen LogP contribution >= 0.6 is 27.5 Å². The third-order valence-electron chi connectivity index (χ3n) is 2.75. The van der Waals surface area contributed by atoms with Crippen molar-refractivity contribution in [1.82, 2.24) is 5.32 Å². The van der Waals surface area contributed by atoms with E-state index in [-0.39, 0.29) is 0 Å². The molecule has 2 aromatic rings. The molecule has 0 amide bonds. The zero-order valence-electron chi connectivity index (χ0n) is 10.8. The number of benzene rings is 2. The quantitative estimate of drug-likeness (QED) is 0.852. The van der Waals surface area contributed by atoms with Gasteiger partial charge in [-0.05, 0) is 49.4 Å². The van der Waals surface area contributed by atoms with Crippen LogP contribution in [0, 0.1) is 6.92 Å². The molecule has 0 aromatic heterocycles. The number of nitrogens with one attached hydrogen (secondary N) is 1. The molecule has 2 nitrogen and oxygen atoms in total. The molecule has 0 radical (unpaired) electrons. The van der Waals surface area contributed by atoms with E-state index in [0.717, 1.165) is 22.3 Å². The van der Waals surface area contributed by atoms with Crippen LogP contribution in [-0.4, -0.2) is 7.05 Å². The summed E-state index contributed by atoms with van der Waals surface area (Å²) in [5.74, 6) is 1.48. The van der Waals surface area contributed by atoms with E-state index in [0.29, 0.717) is 10.8 Å². The Kier molecular flexibility index (Phi) is 4.86. The molecular formula is C15H15BrClNO. The Bertz CT molecular complexity index is 586. The first-order chi connectivity index (χ1) is 9.10. The van der Waals surface area contributed by atoms with Gasteiger partial charge in [0.15, 0.2) is 0 Å². The van der Waals surface area contributed by atoms with Crippen molar-refractivity contribution in [1.29, 1.82) is 0 Å². The highest BCUT2D eigenvalue weighted by atomic mass is 79.9. The maximum absolute atomic E-state index is 6.14. The average Bonchev–Trinajstić information content (AvgIpc) is 2.38.